The Morgan fingerprint density at radius 1 is 0.385 bits per heavy atom. The van der Waals surface area contributed by atoms with Crippen LogP contribution in [0.5, 0.6) is 0 Å². The number of hydrogen-bond donors (Lipinski definition) is 0. The van der Waals surface area contributed by atoms with Crippen molar-refractivity contribution in [3.8, 4) is 33.4 Å². The highest BCUT2D eigenvalue weighted by atomic mass is 16.1. The molecule has 4 aromatic rings. The van der Waals surface area contributed by atoms with Gasteiger partial charge in [0.2, 0.25) is 0 Å². The molecule has 1 aliphatic rings. The van der Waals surface area contributed by atoms with E-state index in [9.17, 15) is 4.79 Å². The first-order valence-corrected chi connectivity index (χ1v) is 8.76. The third kappa shape index (κ3) is 2.14. The monoisotopic (exact) mass is 332 g/mol. The number of rotatable bonds is 2. The summed E-state index contributed by atoms with van der Waals surface area (Å²) in [5, 5.41) is 0. The lowest BCUT2D eigenvalue weighted by Gasteiger charge is -2.08. The largest absolute Gasteiger partial charge is 0.289 e. The summed E-state index contributed by atoms with van der Waals surface area (Å²) in [5.41, 5.74) is 7.85. The van der Waals surface area contributed by atoms with E-state index in [2.05, 4.69) is 36.4 Å². The van der Waals surface area contributed by atoms with Gasteiger partial charge in [-0.1, -0.05) is 97.1 Å². The van der Waals surface area contributed by atoms with E-state index < -0.39 is 0 Å². The third-order valence-electron chi connectivity index (χ3n) is 5.04. The summed E-state index contributed by atoms with van der Waals surface area (Å²) in [5.74, 6) is 0.119. The third-order valence-corrected chi connectivity index (χ3v) is 5.04. The zero-order chi connectivity index (χ0) is 17.5. The Morgan fingerprint density at radius 3 is 1.19 bits per heavy atom. The van der Waals surface area contributed by atoms with Gasteiger partial charge >= 0.3 is 0 Å². The predicted octanol–water partition coefficient (Wildman–Crippen LogP) is 6.23. The van der Waals surface area contributed by atoms with Crippen LogP contribution in [0.1, 0.15) is 15.9 Å². The second-order valence-corrected chi connectivity index (χ2v) is 6.52. The normalized spacial score (nSPS) is 11.9. The summed E-state index contributed by atoms with van der Waals surface area (Å²) in [6, 6.07) is 32.6. The van der Waals surface area contributed by atoms with Crippen molar-refractivity contribution < 1.29 is 4.79 Å². The SMILES string of the molecule is O=C1c2c(-c3ccccc3)cccc2-c2cccc(-c3ccccc3)c21. The maximum Gasteiger partial charge on any atom is 0.195 e. The van der Waals surface area contributed by atoms with Crippen LogP contribution in [0, 0.1) is 0 Å². The maximum atomic E-state index is 13.5. The van der Waals surface area contributed by atoms with E-state index in [1.165, 1.54) is 0 Å². The molecule has 1 aliphatic carbocycles. The second kappa shape index (κ2) is 5.82. The molecule has 1 heteroatoms. The molecule has 0 fully saturated rings. The molecule has 26 heavy (non-hydrogen) atoms. The van der Waals surface area contributed by atoms with Crippen LogP contribution < -0.4 is 0 Å². The van der Waals surface area contributed by atoms with Crippen LogP contribution in [-0.2, 0) is 0 Å². The first-order chi connectivity index (χ1) is 12.8. The Balaban J connectivity index is 1.77. The van der Waals surface area contributed by atoms with Crippen molar-refractivity contribution in [2.75, 3.05) is 0 Å². The summed E-state index contributed by atoms with van der Waals surface area (Å²) in [6.07, 6.45) is 0. The number of carbonyl (C=O) groups excluding carboxylic acids is 1. The molecule has 1 nitrogen and oxygen atoms in total. The lowest BCUT2D eigenvalue weighted by molar-refractivity contribution is 0.104. The average Bonchev–Trinajstić information content (AvgIpc) is 3.02. The molecule has 0 radical (unpaired) electrons. The Hall–Kier alpha value is -3.45. The van der Waals surface area contributed by atoms with Crippen molar-refractivity contribution in [3.63, 3.8) is 0 Å². The Bertz CT molecular complexity index is 1030. The van der Waals surface area contributed by atoms with E-state index in [0.29, 0.717) is 0 Å². The molecule has 5 rings (SSSR count). The van der Waals surface area contributed by atoms with Crippen LogP contribution in [0.15, 0.2) is 97.1 Å². The number of benzene rings is 4. The van der Waals surface area contributed by atoms with Gasteiger partial charge in [-0.05, 0) is 33.4 Å². The summed E-state index contributed by atoms with van der Waals surface area (Å²) >= 11 is 0. The molecule has 0 atom stereocenters. The predicted molar refractivity (Wildman–Crippen MR) is 106 cm³/mol. The van der Waals surface area contributed by atoms with Gasteiger partial charge in [0.1, 0.15) is 0 Å². The Labute approximate surface area is 152 Å². The molecule has 0 spiro atoms. The first kappa shape index (κ1) is 14.9. The van der Waals surface area contributed by atoms with Crippen LogP contribution in [0.25, 0.3) is 33.4 Å². The average molecular weight is 332 g/mol. The minimum atomic E-state index is 0.119. The molecule has 0 N–H and O–H groups in total. The molecule has 0 bridgehead atoms. The van der Waals surface area contributed by atoms with E-state index in [1.807, 2.05) is 60.7 Å². The summed E-state index contributed by atoms with van der Waals surface area (Å²) in [6.45, 7) is 0. The Kier molecular flexibility index (Phi) is 3.32. The van der Waals surface area contributed by atoms with Gasteiger partial charge in [0, 0.05) is 11.1 Å². The topological polar surface area (TPSA) is 17.1 Å². The zero-order valence-electron chi connectivity index (χ0n) is 14.1. The standard InChI is InChI=1S/C25H16O/c26-25-23-19(17-9-3-1-4-10-17)13-7-15-21(23)22-16-8-14-20(24(22)25)18-11-5-2-6-12-18/h1-16H. The van der Waals surface area contributed by atoms with Gasteiger partial charge < -0.3 is 0 Å². The van der Waals surface area contributed by atoms with E-state index in [4.69, 9.17) is 0 Å². The smallest absolute Gasteiger partial charge is 0.195 e. The van der Waals surface area contributed by atoms with Crippen LogP contribution in [-0.4, -0.2) is 5.78 Å². The molecule has 122 valence electrons. The van der Waals surface area contributed by atoms with Crippen molar-refractivity contribution in [3.05, 3.63) is 108 Å². The molecular formula is C25H16O. The van der Waals surface area contributed by atoms with Gasteiger partial charge in [-0.2, -0.15) is 0 Å². The van der Waals surface area contributed by atoms with E-state index >= 15 is 0 Å². The first-order valence-electron chi connectivity index (χ1n) is 8.76. The highest BCUT2D eigenvalue weighted by Crippen LogP contribution is 2.44. The molecule has 0 unspecified atom stereocenters. The van der Waals surface area contributed by atoms with E-state index in [1.54, 1.807) is 0 Å². The number of carbonyl (C=O) groups is 1. The molecule has 0 saturated carbocycles. The summed E-state index contributed by atoms with van der Waals surface area (Å²) in [4.78, 5) is 13.5. The minimum Gasteiger partial charge on any atom is -0.289 e. The second-order valence-electron chi connectivity index (χ2n) is 6.52. The lowest BCUT2D eigenvalue weighted by atomic mass is 9.94. The van der Waals surface area contributed by atoms with E-state index in [0.717, 1.165) is 44.5 Å². The van der Waals surface area contributed by atoms with Crippen LogP contribution in [0.2, 0.25) is 0 Å². The van der Waals surface area contributed by atoms with Crippen LogP contribution in [0.4, 0.5) is 0 Å². The molecule has 0 aliphatic heterocycles. The fourth-order valence-corrected chi connectivity index (χ4v) is 3.88. The van der Waals surface area contributed by atoms with Crippen molar-refractivity contribution in [1.82, 2.24) is 0 Å². The van der Waals surface area contributed by atoms with Crippen LogP contribution >= 0.6 is 0 Å². The molecule has 4 aromatic carbocycles. The van der Waals surface area contributed by atoms with Gasteiger partial charge in [-0.3, -0.25) is 4.79 Å². The van der Waals surface area contributed by atoms with Gasteiger partial charge in [-0.15, -0.1) is 0 Å². The Morgan fingerprint density at radius 2 is 0.769 bits per heavy atom. The van der Waals surface area contributed by atoms with Gasteiger partial charge in [0.15, 0.2) is 5.78 Å². The van der Waals surface area contributed by atoms with Crippen molar-refractivity contribution >= 4 is 5.78 Å². The lowest BCUT2D eigenvalue weighted by Crippen LogP contribution is -2.00. The van der Waals surface area contributed by atoms with Crippen molar-refractivity contribution in [2.24, 2.45) is 0 Å². The molecule has 0 saturated heterocycles. The van der Waals surface area contributed by atoms with Crippen LogP contribution in [0.3, 0.4) is 0 Å². The summed E-state index contributed by atoms with van der Waals surface area (Å²) < 4.78 is 0. The highest BCUT2D eigenvalue weighted by molar-refractivity contribution is 6.27. The molecule has 0 amide bonds. The highest BCUT2D eigenvalue weighted by Gasteiger charge is 2.31. The number of fused-ring (bicyclic) bond motifs is 3. The number of ketones is 1. The quantitative estimate of drug-likeness (QED) is 0.374. The molecule has 0 heterocycles. The minimum absolute atomic E-state index is 0.119. The molecule has 0 aromatic heterocycles. The van der Waals surface area contributed by atoms with Gasteiger partial charge in [0.25, 0.3) is 0 Å². The maximum absolute atomic E-state index is 13.5. The molecular weight excluding hydrogens is 316 g/mol. The fourth-order valence-electron chi connectivity index (χ4n) is 3.88. The van der Waals surface area contributed by atoms with Gasteiger partial charge in [0.05, 0.1) is 0 Å². The summed E-state index contributed by atoms with van der Waals surface area (Å²) in [7, 11) is 0. The fraction of sp³-hybridized carbons (Fsp3) is 0. The van der Waals surface area contributed by atoms with Crippen molar-refractivity contribution in [1.29, 1.82) is 0 Å². The van der Waals surface area contributed by atoms with E-state index in [-0.39, 0.29) is 5.78 Å². The van der Waals surface area contributed by atoms with Gasteiger partial charge in [-0.25, -0.2) is 0 Å². The zero-order valence-corrected chi connectivity index (χ0v) is 14.1. The number of hydrogen-bond acceptors (Lipinski definition) is 1. The van der Waals surface area contributed by atoms with Crippen molar-refractivity contribution in [2.45, 2.75) is 0 Å².